The molecule has 1 aromatic rings. The number of rotatable bonds is 9. The molecule has 0 saturated heterocycles. The number of carbonyl (C=O) groups excluding carboxylic acids is 2. The van der Waals surface area contributed by atoms with Gasteiger partial charge in [-0.25, -0.2) is 4.79 Å². The lowest BCUT2D eigenvalue weighted by molar-refractivity contribution is -0.110. The topological polar surface area (TPSA) is 98.2 Å². The van der Waals surface area contributed by atoms with E-state index in [0.717, 1.165) is 0 Å². The van der Waals surface area contributed by atoms with Crippen molar-refractivity contribution in [2.24, 2.45) is 5.16 Å². The number of benzene rings is 1. The summed E-state index contributed by atoms with van der Waals surface area (Å²) in [6.07, 6.45) is -0.562. The van der Waals surface area contributed by atoms with Gasteiger partial charge in [-0.05, 0) is 19.1 Å². The summed E-state index contributed by atoms with van der Waals surface area (Å²) in [7, 11) is 1.52. The van der Waals surface area contributed by atoms with Gasteiger partial charge in [0.25, 0.3) is 5.91 Å². The van der Waals surface area contributed by atoms with Crippen molar-refractivity contribution < 1.29 is 23.9 Å². The Morgan fingerprint density at radius 2 is 1.87 bits per heavy atom. The average Bonchev–Trinajstić information content (AvgIpc) is 2.55. The highest BCUT2D eigenvalue weighted by Gasteiger charge is 2.07. The molecule has 0 radical (unpaired) electrons. The number of amides is 2. The largest absolute Gasteiger partial charge is 0.447 e. The zero-order valence-corrected chi connectivity index (χ0v) is 13.2. The maximum Gasteiger partial charge on any atom is 0.407 e. The minimum atomic E-state index is -0.562. The lowest BCUT2D eigenvalue weighted by Crippen LogP contribution is -2.28. The second-order valence-electron chi connectivity index (χ2n) is 4.39. The molecule has 0 aliphatic heterocycles. The van der Waals surface area contributed by atoms with E-state index in [9.17, 15) is 9.59 Å². The highest BCUT2D eigenvalue weighted by Crippen LogP contribution is 2.04. The maximum atomic E-state index is 11.8. The minimum absolute atomic E-state index is 0.120. The molecule has 0 fully saturated rings. The lowest BCUT2D eigenvalue weighted by atomic mass is 10.3. The number of para-hydroxylation sites is 1. The average molecular weight is 323 g/mol. The van der Waals surface area contributed by atoms with Gasteiger partial charge < -0.3 is 24.9 Å². The van der Waals surface area contributed by atoms with Crippen LogP contribution in [0.5, 0.6) is 0 Å². The summed E-state index contributed by atoms with van der Waals surface area (Å²) in [6, 6.07) is 9.02. The van der Waals surface area contributed by atoms with Crippen LogP contribution in [-0.4, -0.2) is 51.2 Å². The van der Waals surface area contributed by atoms with Crippen molar-refractivity contribution in [3.63, 3.8) is 0 Å². The molecule has 0 atom stereocenters. The Labute approximate surface area is 134 Å². The van der Waals surface area contributed by atoms with Crippen molar-refractivity contribution in [3.05, 3.63) is 30.3 Å². The molecular weight excluding hydrogens is 302 g/mol. The van der Waals surface area contributed by atoms with E-state index in [2.05, 4.69) is 15.8 Å². The quantitative estimate of drug-likeness (QED) is 0.406. The number of carbonyl (C=O) groups is 2. The summed E-state index contributed by atoms with van der Waals surface area (Å²) in [4.78, 5) is 28.0. The molecule has 1 rings (SSSR count). The number of hydrogen-bond donors (Lipinski definition) is 2. The molecule has 0 aliphatic carbocycles. The molecule has 0 aromatic heterocycles. The van der Waals surface area contributed by atoms with Crippen molar-refractivity contribution in [2.75, 3.05) is 38.8 Å². The van der Waals surface area contributed by atoms with Crippen LogP contribution < -0.4 is 10.6 Å². The van der Waals surface area contributed by atoms with E-state index >= 15 is 0 Å². The number of alkyl carbamates (subject to hydrolysis) is 1. The van der Waals surface area contributed by atoms with Crippen LogP contribution in [0.4, 0.5) is 10.5 Å². The van der Waals surface area contributed by atoms with E-state index in [-0.39, 0.29) is 31.4 Å². The molecular formula is C15H21N3O5. The van der Waals surface area contributed by atoms with Crippen LogP contribution in [0.3, 0.4) is 0 Å². The van der Waals surface area contributed by atoms with E-state index in [4.69, 9.17) is 14.3 Å². The fourth-order valence-corrected chi connectivity index (χ4v) is 1.39. The SMILES string of the molecule is COCCOC(=O)NCCON=C(C)C(=O)Nc1ccccc1. The molecule has 1 aromatic carbocycles. The number of methoxy groups -OCH3 is 1. The molecule has 0 unspecified atom stereocenters. The van der Waals surface area contributed by atoms with Gasteiger partial charge in [0.05, 0.1) is 13.2 Å². The van der Waals surface area contributed by atoms with Gasteiger partial charge in [0.2, 0.25) is 0 Å². The third-order valence-corrected chi connectivity index (χ3v) is 2.55. The fourth-order valence-electron chi connectivity index (χ4n) is 1.39. The summed E-state index contributed by atoms with van der Waals surface area (Å²) >= 11 is 0. The highest BCUT2D eigenvalue weighted by molar-refractivity contribution is 6.42. The lowest BCUT2D eigenvalue weighted by Gasteiger charge is -2.06. The number of hydrogen-bond acceptors (Lipinski definition) is 6. The van der Waals surface area contributed by atoms with E-state index in [0.29, 0.717) is 12.3 Å². The van der Waals surface area contributed by atoms with Crippen LogP contribution in [-0.2, 0) is 19.1 Å². The standard InChI is InChI=1S/C15H21N3O5/c1-12(14(19)17-13-6-4-3-5-7-13)18-23-9-8-16-15(20)22-11-10-21-2/h3-7H,8-11H2,1-2H3,(H,16,20)(H,17,19). The van der Waals surface area contributed by atoms with E-state index in [1.54, 1.807) is 12.1 Å². The Bertz CT molecular complexity index is 519. The number of nitrogens with zero attached hydrogens (tertiary/aromatic N) is 1. The number of nitrogens with one attached hydrogen (secondary N) is 2. The van der Waals surface area contributed by atoms with Crippen molar-refractivity contribution in [1.82, 2.24) is 5.32 Å². The maximum absolute atomic E-state index is 11.8. The predicted molar refractivity (Wildman–Crippen MR) is 85.4 cm³/mol. The zero-order valence-electron chi connectivity index (χ0n) is 13.2. The molecule has 2 N–H and O–H groups in total. The van der Waals surface area contributed by atoms with Gasteiger partial charge in [0, 0.05) is 12.8 Å². The zero-order chi connectivity index (χ0) is 16.9. The first kappa shape index (κ1) is 18.4. The molecule has 126 valence electrons. The van der Waals surface area contributed by atoms with Gasteiger partial charge in [-0.15, -0.1) is 0 Å². The molecule has 8 nitrogen and oxygen atoms in total. The Kier molecular flexibility index (Phi) is 8.84. The van der Waals surface area contributed by atoms with Gasteiger partial charge >= 0.3 is 6.09 Å². The van der Waals surface area contributed by atoms with Crippen molar-refractivity contribution in [1.29, 1.82) is 0 Å². The minimum Gasteiger partial charge on any atom is -0.447 e. The Balaban J connectivity index is 2.18. The number of ether oxygens (including phenoxy) is 2. The summed E-state index contributed by atoms with van der Waals surface area (Å²) in [6.45, 7) is 2.38. The van der Waals surface area contributed by atoms with Crippen LogP contribution in [0.2, 0.25) is 0 Å². The van der Waals surface area contributed by atoms with Gasteiger partial charge in [-0.2, -0.15) is 0 Å². The summed E-state index contributed by atoms with van der Waals surface area (Å²) < 4.78 is 9.53. The Hall–Kier alpha value is -2.61. The van der Waals surface area contributed by atoms with Crippen LogP contribution in [0, 0.1) is 0 Å². The number of oxime groups is 1. The second kappa shape index (κ2) is 11.0. The molecule has 0 heterocycles. The van der Waals surface area contributed by atoms with E-state index < -0.39 is 6.09 Å². The summed E-state index contributed by atoms with van der Waals surface area (Å²) in [5, 5.41) is 8.84. The first-order chi connectivity index (χ1) is 11.1. The molecule has 23 heavy (non-hydrogen) atoms. The fraction of sp³-hybridized carbons (Fsp3) is 0.400. The first-order valence-electron chi connectivity index (χ1n) is 7.06. The van der Waals surface area contributed by atoms with E-state index in [1.807, 2.05) is 18.2 Å². The summed E-state index contributed by atoms with van der Waals surface area (Å²) in [5.74, 6) is -0.358. The van der Waals surface area contributed by atoms with Gasteiger partial charge in [-0.1, -0.05) is 23.4 Å². The second-order valence-corrected chi connectivity index (χ2v) is 4.39. The normalized spacial score (nSPS) is 10.8. The molecule has 2 amide bonds. The van der Waals surface area contributed by atoms with Crippen molar-refractivity contribution >= 4 is 23.4 Å². The highest BCUT2D eigenvalue weighted by atomic mass is 16.6. The Morgan fingerprint density at radius 1 is 1.13 bits per heavy atom. The van der Waals surface area contributed by atoms with Gasteiger partial charge in [0.1, 0.15) is 18.9 Å². The third kappa shape index (κ3) is 8.42. The van der Waals surface area contributed by atoms with Crippen LogP contribution >= 0.6 is 0 Å². The smallest absolute Gasteiger partial charge is 0.407 e. The molecule has 0 aliphatic rings. The van der Waals surface area contributed by atoms with E-state index in [1.165, 1.54) is 14.0 Å². The first-order valence-corrected chi connectivity index (χ1v) is 7.06. The van der Waals surface area contributed by atoms with Crippen molar-refractivity contribution in [3.8, 4) is 0 Å². The predicted octanol–water partition coefficient (Wildman–Crippen LogP) is 1.39. The molecule has 0 spiro atoms. The molecule has 0 saturated carbocycles. The summed E-state index contributed by atoms with van der Waals surface area (Å²) in [5.41, 5.74) is 0.851. The van der Waals surface area contributed by atoms with Crippen LogP contribution in [0.25, 0.3) is 0 Å². The van der Waals surface area contributed by atoms with Gasteiger partial charge in [-0.3, -0.25) is 4.79 Å². The number of anilines is 1. The molecule has 8 heteroatoms. The monoisotopic (exact) mass is 323 g/mol. The Morgan fingerprint density at radius 3 is 2.57 bits per heavy atom. The molecule has 0 bridgehead atoms. The van der Waals surface area contributed by atoms with Gasteiger partial charge in [0.15, 0.2) is 0 Å². The van der Waals surface area contributed by atoms with Crippen LogP contribution in [0.15, 0.2) is 35.5 Å². The van der Waals surface area contributed by atoms with Crippen LogP contribution in [0.1, 0.15) is 6.92 Å². The van der Waals surface area contributed by atoms with Crippen molar-refractivity contribution in [2.45, 2.75) is 6.92 Å². The third-order valence-electron chi connectivity index (χ3n) is 2.55.